The maximum atomic E-state index is 12.4. The molecular weight excluding hydrogens is 426 g/mol. The number of hydrogen-bond donors (Lipinski definition) is 3. The molecule has 180 valence electrons. The molecule has 0 aromatic carbocycles. The number of quaternary nitrogens is 1. The van der Waals surface area contributed by atoms with E-state index >= 15 is 0 Å². The van der Waals surface area contributed by atoms with E-state index in [2.05, 4.69) is 22.2 Å². The topological polar surface area (TPSA) is 113 Å². The summed E-state index contributed by atoms with van der Waals surface area (Å²) in [6, 6.07) is 3.35. The van der Waals surface area contributed by atoms with E-state index in [0.717, 1.165) is 82.9 Å². The van der Waals surface area contributed by atoms with E-state index in [0.29, 0.717) is 6.42 Å². The second kappa shape index (κ2) is 12.7. The molecule has 1 aliphatic heterocycles. The third-order valence-corrected chi connectivity index (χ3v) is 8.34. The van der Waals surface area contributed by atoms with E-state index in [4.69, 9.17) is 4.98 Å². The Morgan fingerprint density at radius 1 is 1.09 bits per heavy atom. The number of rotatable bonds is 13. The Kier molecular flexibility index (Phi) is 9.93. The minimum absolute atomic E-state index is 0.0608. The summed E-state index contributed by atoms with van der Waals surface area (Å²) < 4.78 is 27.3. The van der Waals surface area contributed by atoms with Crippen LogP contribution in [0, 0.1) is 5.92 Å². The third-order valence-electron chi connectivity index (χ3n) is 6.78. The van der Waals surface area contributed by atoms with Gasteiger partial charge in [0.25, 0.3) is 0 Å². The number of pyridine rings is 1. The van der Waals surface area contributed by atoms with Crippen LogP contribution in [0.2, 0.25) is 0 Å². The number of unbranched alkanes of at least 4 members (excludes halogenated alkanes) is 4. The second-order valence-electron chi connectivity index (χ2n) is 9.54. The van der Waals surface area contributed by atoms with Crippen molar-refractivity contribution in [3.63, 3.8) is 0 Å². The van der Waals surface area contributed by atoms with E-state index in [1.807, 2.05) is 0 Å². The number of nitrogens with zero attached hydrogens (tertiary/aromatic N) is 1. The van der Waals surface area contributed by atoms with Gasteiger partial charge >= 0.3 is 5.97 Å². The van der Waals surface area contributed by atoms with Crippen molar-refractivity contribution in [2.24, 2.45) is 5.92 Å². The van der Waals surface area contributed by atoms with Crippen LogP contribution in [0.5, 0.6) is 0 Å². The zero-order chi connectivity index (χ0) is 22.8. The minimum Gasteiger partial charge on any atom is -0.480 e. The monoisotopic (exact) mass is 466 g/mol. The Hall–Kier alpha value is -1.51. The van der Waals surface area contributed by atoms with Gasteiger partial charge in [0.15, 0.2) is 0 Å². The summed E-state index contributed by atoms with van der Waals surface area (Å²) in [7, 11) is -3.55. The second-order valence-corrected chi connectivity index (χ2v) is 11.3. The van der Waals surface area contributed by atoms with Crippen LogP contribution in [0.25, 0.3) is 0 Å². The molecule has 4 N–H and O–H groups in total. The van der Waals surface area contributed by atoms with E-state index in [1.165, 1.54) is 24.2 Å². The number of nitrogens with one attached hydrogen (secondary N) is 1. The van der Waals surface area contributed by atoms with Crippen molar-refractivity contribution in [2.45, 2.75) is 95.9 Å². The maximum Gasteiger partial charge on any atom is 0.321 e. The molecule has 1 atom stereocenters. The lowest BCUT2D eigenvalue weighted by Gasteiger charge is -2.22. The lowest BCUT2D eigenvalue weighted by molar-refractivity contribution is -0.579. The van der Waals surface area contributed by atoms with E-state index in [1.54, 1.807) is 0 Å². The summed E-state index contributed by atoms with van der Waals surface area (Å²) >= 11 is 0. The number of sulfonamides is 1. The molecule has 32 heavy (non-hydrogen) atoms. The number of hydrogen-bond acceptors (Lipinski definition) is 4. The number of nitrogens with two attached hydrogens (primary N) is 1. The normalized spacial score (nSPS) is 18.2. The fourth-order valence-corrected chi connectivity index (χ4v) is 6.65. The molecular formula is C24H40N3O4S+. The van der Waals surface area contributed by atoms with Crippen molar-refractivity contribution in [1.29, 1.82) is 0 Å². The SMILES string of the molecule is O=C(O)[C@H](CCCCCCCc1ccc2c(n1)[NH2+]CCC2)NS(=O)(=O)CC1CCCCC1. The lowest BCUT2D eigenvalue weighted by Crippen LogP contribution is -2.80. The first-order chi connectivity index (χ1) is 15.4. The van der Waals surface area contributed by atoms with Crippen LogP contribution >= 0.6 is 0 Å². The number of carboxylic acids is 1. The van der Waals surface area contributed by atoms with Gasteiger partial charge in [0, 0.05) is 17.7 Å². The number of fused-ring (bicyclic) bond motifs is 1. The molecule has 1 aliphatic carbocycles. The molecule has 2 aliphatic rings. The van der Waals surface area contributed by atoms with Crippen molar-refractivity contribution in [3.05, 3.63) is 23.4 Å². The van der Waals surface area contributed by atoms with Crippen molar-refractivity contribution in [3.8, 4) is 0 Å². The fraction of sp³-hybridized carbons (Fsp3) is 0.750. The van der Waals surface area contributed by atoms with Crippen LogP contribution in [0.4, 0.5) is 5.82 Å². The van der Waals surface area contributed by atoms with E-state index in [9.17, 15) is 18.3 Å². The molecule has 0 bridgehead atoms. The van der Waals surface area contributed by atoms with Gasteiger partial charge in [-0.05, 0) is 56.6 Å². The maximum absolute atomic E-state index is 12.4. The predicted molar refractivity (Wildman–Crippen MR) is 125 cm³/mol. The highest BCUT2D eigenvalue weighted by atomic mass is 32.2. The van der Waals surface area contributed by atoms with Crippen LogP contribution in [0.3, 0.4) is 0 Å². The first-order valence-corrected chi connectivity index (χ1v) is 14.1. The van der Waals surface area contributed by atoms with Gasteiger partial charge in [-0.2, -0.15) is 0 Å². The molecule has 0 spiro atoms. The molecule has 0 saturated heterocycles. The first-order valence-electron chi connectivity index (χ1n) is 12.5. The van der Waals surface area contributed by atoms with Crippen molar-refractivity contribution < 1.29 is 23.6 Å². The van der Waals surface area contributed by atoms with Crippen molar-refractivity contribution >= 4 is 21.8 Å². The molecule has 0 radical (unpaired) electrons. The average molecular weight is 467 g/mol. The van der Waals surface area contributed by atoms with Crippen molar-refractivity contribution in [1.82, 2.24) is 9.71 Å². The highest BCUT2D eigenvalue weighted by Crippen LogP contribution is 2.25. The van der Waals surface area contributed by atoms with Crippen molar-refractivity contribution in [2.75, 3.05) is 12.3 Å². The average Bonchev–Trinajstić information content (AvgIpc) is 2.77. The molecule has 1 saturated carbocycles. The highest BCUT2D eigenvalue weighted by molar-refractivity contribution is 7.89. The Bertz CT molecular complexity index is 838. The zero-order valence-electron chi connectivity index (χ0n) is 19.2. The first kappa shape index (κ1) is 25.1. The van der Waals surface area contributed by atoms with Gasteiger partial charge in [-0.1, -0.05) is 44.9 Å². The van der Waals surface area contributed by atoms with Crippen LogP contribution in [-0.4, -0.2) is 42.8 Å². The highest BCUT2D eigenvalue weighted by Gasteiger charge is 2.27. The summed E-state index contributed by atoms with van der Waals surface area (Å²) in [6.07, 6.45) is 13.7. The number of aliphatic carboxylic acids is 1. The van der Waals surface area contributed by atoms with E-state index in [-0.39, 0.29) is 11.7 Å². The largest absolute Gasteiger partial charge is 0.480 e. The number of carboxylic acid groups (broad SMARTS) is 1. The Balaban J connectivity index is 1.31. The Morgan fingerprint density at radius 2 is 1.84 bits per heavy atom. The third kappa shape index (κ3) is 8.45. The fourth-order valence-electron chi connectivity index (χ4n) is 4.95. The van der Waals surface area contributed by atoms with Crippen LogP contribution in [0.1, 0.15) is 88.3 Å². The van der Waals surface area contributed by atoms with Gasteiger partial charge in [-0.15, -0.1) is 0 Å². The molecule has 3 rings (SSSR count). The van der Waals surface area contributed by atoms with Crippen LogP contribution in [0.15, 0.2) is 12.1 Å². The Morgan fingerprint density at radius 3 is 2.62 bits per heavy atom. The van der Waals surface area contributed by atoms with Gasteiger partial charge in [0.05, 0.1) is 12.3 Å². The van der Waals surface area contributed by atoms with Crippen LogP contribution in [-0.2, 0) is 27.7 Å². The van der Waals surface area contributed by atoms with Gasteiger partial charge in [-0.3, -0.25) is 10.1 Å². The summed E-state index contributed by atoms with van der Waals surface area (Å²) in [4.78, 5) is 16.3. The molecule has 1 fully saturated rings. The van der Waals surface area contributed by atoms with Gasteiger partial charge in [0.1, 0.15) is 6.04 Å². The molecule has 7 nitrogen and oxygen atoms in total. The molecule has 2 heterocycles. The van der Waals surface area contributed by atoms with Gasteiger partial charge in [-0.25, -0.2) is 18.1 Å². The molecule has 0 amide bonds. The minimum atomic E-state index is -3.55. The number of carbonyl (C=O) groups is 1. The zero-order valence-corrected chi connectivity index (χ0v) is 20.0. The smallest absolute Gasteiger partial charge is 0.321 e. The molecule has 8 heteroatoms. The predicted octanol–water partition coefficient (Wildman–Crippen LogP) is 3.06. The Labute approximate surface area is 192 Å². The summed E-state index contributed by atoms with van der Waals surface area (Å²) in [5.74, 6) is 0.316. The summed E-state index contributed by atoms with van der Waals surface area (Å²) in [5.41, 5.74) is 2.52. The number of aromatic nitrogens is 1. The quantitative estimate of drug-likeness (QED) is 0.387. The molecule has 0 unspecified atom stereocenters. The van der Waals surface area contributed by atoms with Gasteiger partial charge in [0.2, 0.25) is 15.8 Å². The standard InChI is InChI=1S/C24H39N3O4S/c28-24(29)22(27-32(30,31)18-19-10-5-4-6-11-19)14-8-3-1-2-7-13-21-16-15-20-12-9-17-25-23(20)26-21/h15-16,19,22,27H,1-14,17-18H2,(H,25,26)(H,28,29)/p+1/t22-/m0/s1. The molecule has 1 aromatic rings. The lowest BCUT2D eigenvalue weighted by atomic mass is 9.91. The van der Waals surface area contributed by atoms with Crippen LogP contribution < -0.4 is 10.0 Å². The van der Waals surface area contributed by atoms with E-state index < -0.39 is 22.0 Å². The summed E-state index contributed by atoms with van der Waals surface area (Å²) in [5, 5.41) is 11.7. The van der Waals surface area contributed by atoms with Gasteiger partial charge < -0.3 is 5.11 Å². The number of aryl methyl sites for hydroxylation is 2. The molecule has 1 aromatic heterocycles. The summed E-state index contributed by atoms with van der Waals surface area (Å²) in [6.45, 7) is 1.12.